The average Bonchev–Trinajstić information content (AvgIpc) is 2.70. The molecule has 2 aromatic rings. The zero-order valence-electron chi connectivity index (χ0n) is 15.7. The molecular formula is C22H28N2O2. The maximum atomic E-state index is 12.5. The van der Waals surface area contributed by atoms with Crippen molar-refractivity contribution in [3.8, 4) is 5.75 Å². The molecule has 138 valence electrons. The van der Waals surface area contributed by atoms with Crippen molar-refractivity contribution in [3.63, 3.8) is 0 Å². The fourth-order valence-electron chi connectivity index (χ4n) is 3.51. The standard InChI is InChI=1S/C22H28N2O2/c1-17-6-8-19(9-7-17)22(25)23-16-21(24-14-4-3-5-15-24)18-10-12-20(26-2)13-11-18/h6-13,21H,3-5,14-16H2,1-2H3,(H,23,25)/t21-/m1/s1. The first-order valence-corrected chi connectivity index (χ1v) is 9.40. The number of amides is 1. The first-order chi connectivity index (χ1) is 12.7. The van der Waals surface area contributed by atoms with Crippen LogP contribution in [0.25, 0.3) is 0 Å². The van der Waals surface area contributed by atoms with E-state index in [1.54, 1.807) is 7.11 Å². The Hall–Kier alpha value is -2.33. The van der Waals surface area contributed by atoms with Gasteiger partial charge in [-0.3, -0.25) is 9.69 Å². The highest BCUT2D eigenvalue weighted by atomic mass is 16.5. The number of benzene rings is 2. The third kappa shape index (κ3) is 4.64. The van der Waals surface area contributed by atoms with Crippen molar-refractivity contribution in [1.82, 2.24) is 10.2 Å². The van der Waals surface area contributed by atoms with Crippen molar-refractivity contribution in [2.45, 2.75) is 32.2 Å². The van der Waals surface area contributed by atoms with Crippen LogP contribution in [-0.4, -0.2) is 37.6 Å². The van der Waals surface area contributed by atoms with Gasteiger partial charge >= 0.3 is 0 Å². The molecule has 26 heavy (non-hydrogen) atoms. The minimum absolute atomic E-state index is 0.0134. The molecule has 1 atom stereocenters. The predicted octanol–water partition coefficient (Wildman–Crippen LogP) is 3.96. The van der Waals surface area contributed by atoms with Gasteiger partial charge in [-0.15, -0.1) is 0 Å². The van der Waals surface area contributed by atoms with Crippen LogP contribution in [0.2, 0.25) is 0 Å². The van der Waals surface area contributed by atoms with E-state index in [1.165, 1.54) is 24.8 Å². The minimum atomic E-state index is -0.0134. The summed E-state index contributed by atoms with van der Waals surface area (Å²) in [7, 11) is 1.68. The second-order valence-electron chi connectivity index (χ2n) is 6.96. The molecule has 1 aliphatic heterocycles. The van der Waals surface area contributed by atoms with Gasteiger partial charge in [0.25, 0.3) is 5.91 Å². The van der Waals surface area contributed by atoms with Crippen molar-refractivity contribution in [2.24, 2.45) is 0 Å². The van der Waals surface area contributed by atoms with E-state index in [1.807, 2.05) is 43.3 Å². The molecule has 1 fully saturated rings. The summed E-state index contributed by atoms with van der Waals surface area (Å²) in [6, 6.07) is 16.1. The summed E-state index contributed by atoms with van der Waals surface area (Å²) in [6.07, 6.45) is 3.73. The number of likely N-dealkylation sites (tertiary alicyclic amines) is 1. The maximum Gasteiger partial charge on any atom is 0.251 e. The molecule has 0 radical (unpaired) electrons. The van der Waals surface area contributed by atoms with Gasteiger partial charge in [-0.1, -0.05) is 36.2 Å². The van der Waals surface area contributed by atoms with Crippen LogP contribution in [0.4, 0.5) is 0 Å². The highest BCUT2D eigenvalue weighted by Crippen LogP contribution is 2.26. The van der Waals surface area contributed by atoms with Crippen LogP contribution in [-0.2, 0) is 0 Å². The van der Waals surface area contributed by atoms with E-state index in [2.05, 4.69) is 22.3 Å². The summed E-state index contributed by atoms with van der Waals surface area (Å²) in [4.78, 5) is 15.0. The molecule has 0 unspecified atom stereocenters. The average molecular weight is 352 g/mol. The molecule has 1 amide bonds. The Morgan fingerprint density at radius 1 is 1.04 bits per heavy atom. The summed E-state index contributed by atoms with van der Waals surface area (Å²) in [5, 5.41) is 3.13. The molecule has 3 rings (SSSR count). The Morgan fingerprint density at radius 2 is 1.69 bits per heavy atom. The van der Waals surface area contributed by atoms with Crippen LogP contribution in [0.3, 0.4) is 0 Å². The number of carbonyl (C=O) groups is 1. The van der Waals surface area contributed by atoms with Gasteiger partial charge in [-0.25, -0.2) is 0 Å². The SMILES string of the molecule is COc1ccc([C@@H](CNC(=O)c2ccc(C)cc2)N2CCCCC2)cc1. The van der Waals surface area contributed by atoms with Crippen LogP contribution in [0.1, 0.15) is 46.8 Å². The monoisotopic (exact) mass is 352 g/mol. The van der Waals surface area contributed by atoms with Gasteiger partial charge in [0, 0.05) is 12.1 Å². The van der Waals surface area contributed by atoms with Gasteiger partial charge < -0.3 is 10.1 Å². The number of nitrogens with one attached hydrogen (secondary N) is 1. The number of piperidine rings is 1. The third-order valence-corrected chi connectivity index (χ3v) is 5.10. The van der Waals surface area contributed by atoms with E-state index in [9.17, 15) is 4.79 Å². The Labute approximate surface area is 156 Å². The number of hydrogen-bond donors (Lipinski definition) is 1. The van der Waals surface area contributed by atoms with Crippen LogP contribution in [0.5, 0.6) is 5.75 Å². The molecule has 0 saturated carbocycles. The molecule has 0 bridgehead atoms. The van der Waals surface area contributed by atoms with Gasteiger partial charge in [-0.05, 0) is 62.7 Å². The lowest BCUT2D eigenvalue weighted by Crippen LogP contribution is -2.40. The number of rotatable bonds is 6. The van der Waals surface area contributed by atoms with E-state index in [0.717, 1.165) is 24.4 Å². The summed E-state index contributed by atoms with van der Waals surface area (Å²) >= 11 is 0. The Bertz CT molecular complexity index is 704. The predicted molar refractivity (Wildman–Crippen MR) is 105 cm³/mol. The zero-order chi connectivity index (χ0) is 18.4. The van der Waals surface area contributed by atoms with Crippen LogP contribution in [0.15, 0.2) is 48.5 Å². The molecule has 1 aliphatic rings. The smallest absolute Gasteiger partial charge is 0.251 e. The molecule has 1 saturated heterocycles. The number of aryl methyl sites for hydroxylation is 1. The topological polar surface area (TPSA) is 41.6 Å². The van der Waals surface area contributed by atoms with Crippen molar-refractivity contribution >= 4 is 5.91 Å². The van der Waals surface area contributed by atoms with Crippen molar-refractivity contribution in [1.29, 1.82) is 0 Å². The lowest BCUT2D eigenvalue weighted by molar-refractivity contribution is 0.0924. The van der Waals surface area contributed by atoms with Crippen molar-refractivity contribution in [2.75, 3.05) is 26.7 Å². The number of methoxy groups -OCH3 is 1. The highest BCUT2D eigenvalue weighted by molar-refractivity contribution is 5.94. The zero-order valence-corrected chi connectivity index (χ0v) is 15.7. The van der Waals surface area contributed by atoms with E-state index in [4.69, 9.17) is 4.74 Å². The fourth-order valence-corrected chi connectivity index (χ4v) is 3.51. The number of hydrogen-bond acceptors (Lipinski definition) is 3. The van der Waals surface area contributed by atoms with E-state index in [-0.39, 0.29) is 11.9 Å². The molecule has 1 N–H and O–H groups in total. The molecule has 1 heterocycles. The molecule has 0 aromatic heterocycles. The van der Waals surface area contributed by atoms with Crippen molar-refractivity contribution < 1.29 is 9.53 Å². The molecule has 4 nitrogen and oxygen atoms in total. The number of nitrogens with zero attached hydrogens (tertiary/aromatic N) is 1. The van der Waals surface area contributed by atoms with Gasteiger partial charge in [-0.2, -0.15) is 0 Å². The molecule has 0 spiro atoms. The maximum absolute atomic E-state index is 12.5. The van der Waals surface area contributed by atoms with E-state index < -0.39 is 0 Å². The molecule has 0 aliphatic carbocycles. The van der Waals surface area contributed by atoms with Crippen LogP contribution >= 0.6 is 0 Å². The van der Waals surface area contributed by atoms with Gasteiger partial charge in [0.1, 0.15) is 5.75 Å². The normalized spacial score (nSPS) is 16.1. The van der Waals surface area contributed by atoms with Gasteiger partial charge in [0.2, 0.25) is 0 Å². The Balaban J connectivity index is 1.72. The van der Waals surface area contributed by atoms with Crippen molar-refractivity contribution in [3.05, 3.63) is 65.2 Å². The Kier molecular flexibility index (Phi) is 6.29. The second kappa shape index (κ2) is 8.86. The van der Waals surface area contributed by atoms with E-state index >= 15 is 0 Å². The summed E-state index contributed by atoms with van der Waals surface area (Å²) in [5.41, 5.74) is 3.09. The van der Waals surface area contributed by atoms with Gasteiger partial charge in [0.05, 0.1) is 13.2 Å². The molecular weight excluding hydrogens is 324 g/mol. The number of carbonyl (C=O) groups excluding carboxylic acids is 1. The van der Waals surface area contributed by atoms with Crippen LogP contribution in [0, 0.1) is 6.92 Å². The molecule has 2 aromatic carbocycles. The van der Waals surface area contributed by atoms with Gasteiger partial charge in [0.15, 0.2) is 0 Å². The summed E-state index contributed by atoms with van der Waals surface area (Å²) in [5.74, 6) is 0.843. The third-order valence-electron chi connectivity index (χ3n) is 5.10. The minimum Gasteiger partial charge on any atom is -0.497 e. The number of ether oxygens (including phenoxy) is 1. The first-order valence-electron chi connectivity index (χ1n) is 9.40. The summed E-state index contributed by atoms with van der Waals surface area (Å²) < 4.78 is 5.28. The lowest BCUT2D eigenvalue weighted by Gasteiger charge is -2.35. The second-order valence-corrected chi connectivity index (χ2v) is 6.96. The summed E-state index contributed by atoms with van der Waals surface area (Å²) in [6.45, 7) is 4.80. The first kappa shape index (κ1) is 18.5. The lowest BCUT2D eigenvalue weighted by atomic mass is 10.0. The fraction of sp³-hybridized carbons (Fsp3) is 0.409. The molecule has 4 heteroatoms. The highest BCUT2D eigenvalue weighted by Gasteiger charge is 2.23. The Morgan fingerprint density at radius 3 is 2.31 bits per heavy atom. The van der Waals surface area contributed by atoms with E-state index in [0.29, 0.717) is 12.1 Å². The van der Waals surface area contributed by atoms with Crippen LogP contribution < -0.4 is 10.1 Å². The largest absolute Gasteiger partial charge is 0.497 e. The quantitative estimate of drug-likeness (QED) is 0.855.